The Bertz CT molecular complexity index is 2100. The van der Waals surface area contributed by atoms with Crippen LogP contribution in [0, 0.1) is 34.5 Å². The van der Waals surface area contributed by atoms with Crippen LogP contribution in [0.5, 0.6) is 0 Å². The first kappa shape index (κ1) is 57.9. The van der Waals surface area contributed by atoms with Crippen LogP contribution in [-0.2, 0) is 71.3 Å². The molecule has 0 aromatic heterocycles. The molecule has 8 fully saturated rings. The highest BCUT2D eigenvalue weighted by Crippen LogP contribution is 2.70. The molecule has 0 unspecified atom stereocenters. The van der Waals surface area contributed by atoms with Crippen molar-refractivity contribution in [3.63, 3.8) is 0 Å². The van der Waals surface area contributed by atoms with Crippen LogP contribution < -0.4 is 0 Å². The number of hydrogen-bond acceptors (Lipinski definition) is 22. The summed E-state index contributed by atoms with van der Waals surface area (Å²) in [7, 11) is 0. The van der Waals surface area contributed by atoms with Crippen molar-refractivity contribution in [3.8, 4) is 0 Å². The Kier molecular flexibility index (Phi) is 17.5. The Morgan fingerprint density at radius 2 is 1.32 bits per heavy atom. The molecule has 22 nitrogen and oxygen atoms in total. The highest BCUT2D eigenvalue weighted by Gasteiger charge is 2.71. The zero-order valence-corrected chi connectivity index (χ0v) is 44.7. The molecule has 4 saturated heterocycles. The fourth-order valence-electron chi connectivity index (χ4n) is 15.2. The first-order valence-electron chi connectivity index (χ1n) is 27.6. The van der Waals surface area contributed by atoms with Crippen molar-refractivity contribution in [2.45, 2.75) is 254 Å². The van der Waals surface area contributed by atoms with Crippen LogP contribution in [0.3, 0.4) is 0 Å². The molecule has 22 heteroatoms. The summed E-state index contributed by atoms with van der Waals surface area (Å²) >= 11 is 0. The van der Waals surface area contributed by atoms with Crippen LogP contribution in [0.4, 0.5) is 0 Å². The first-order valence-corrected chi connectivity index (χ1v) is 27.6. The largest absolute Gasteiger partial charge is 0.459 e. The third kappa shape index (κ3) is 11.2. The SMILES string of the molecule is CC(=O)CCC(=O)O[C@@H]1[C@@H](O)[C@H](O[C@H]2[C@@H](OC(C)=O)C[C@H](O[C@H]3[C@@H](O)C[C@H](O[C@H]4[C@@H](O)C[C@H](O[C@H]5CC[C@@]6(C)[C@H](CC[C@@H]7[C@@H]6C[C@@H](O)[C@]6(C)[C@@H](C8=CC(=O)OC8)CC[C@]76O)C5)O[C@@H]4C)O[C@@H]3C)O[C@@H]2C)O[C@H](CO)[C@H]1O. The Hall–Kier alpha value is -2.78. The molecular weight excluding hydrogens is 1000 g/mol. The standard InChI is InChI=1S/C54H82O22/c1-24(56)8-11-40(61)73-50-45(63)38(22-55)72-51(46(50)64)76-49-27(4)69-44(21-37(49)70-28(5)57)75-48-26(3)68-43(20-36(48)59)74-47-25(2)67-42(19-35(47)58)71-31-12-14-52(6)30(17-31)9-10-33-34(52)18-39(60)53(7)32(13-15-54(33,53)65)29-16-41(62)66-23-29/h16,25-27,30-39,42-51,55,58-60,63-65H,8-15,17-23H2,1-7H3/t25-,26-,27-,30-,31+,32-,33-,34+,35+,36+,37+,38-,39-,42+,43+,44+,45-,46-,47-,48-,49-,50+,51+,52+,53+,54+/m1/s1. The summed E-state index contributed by atoms with van der Waals surface area (Å²) in [4.78, 5) is 48.3. The average molecular weight is 1080 g/mol. The number of cyclic esters (lactones) is 1. The first-order chi connectivity index (χ1) is 35.9. The van der Waals surface area contributed by atoms with Gasteiger partial charge in [0.25, 0.3) is 0 Å². The van der Waals surface area contributed by atoms with Crippen molar-refractivity contribution in [1.29, 1.82) is 0 Å². The number of ketones is 1. The third-order valence-corrected chi connectivity index (χ3v) is 19.3. The molecule has 0 aromatic carbocycles. The lowest BCUT2D eigenvalue weighted by atomic mass is 9.42. The molecule has 76 heavy (non-hydrogen) atoms. The second-order valence-electron chi connectivity index (χ2n) is 23.9. The van der Waals surface area contributed by atoms with Crippen LogP contribution in [0.15, 0.2) is 11.6 Å². The van der Waals surface area contributed by atoms with Crippen molar-refractivity contribution < 1.29 is 107 Å². The molecule has 9 aliphatic rings. The van der Waals surface area contributed by atoms with E-state index in [0.717, 1.165) is 37.7 Å². The number of aliphatic hydroxyl groups excluding tert-OH is 6. The van der Waals surface area contributed by atoms with Gasteiger partial charge < -0.3 is 92.6 Å². The van der Waals surface area contributed by atoms with E-state index in [1.807, 2.05) is 6.92 Å². The van der Waals surface area contributed by atoms with Crippen molar-refractivity contribution in [3.05, 3.63) is 11.6 Å². The molecule has 0 amide bonds. The van der Waals surface area contributed by atoms with Gasteiger partial charge in [0.1, 0.15) is 55.1 Å². The molecule has 0 aromatic rings. The average Bonchev–Trinajstić information content (AvgIpc) is 4.05. The zero-order valence-electron chi connectivity index (χ0n) is 44.7. The lowest BCUT2D eigenvalue weighted by Gasteiger charge is -2.65. The van der Waals surface area contributed by atoms with Gasteiger partial charge in [-0.2, -0.15) is 0 Å². The summed E-state index contributed by atoms with van der Waals surface area (Å²) in [5.74, 6) is -1.80. The second kappa shape index (κ2) is 23.0. The molecule has 0 spiro atoms. The van der Waals surface area contributed by atoms with Gasteiger partial charge in [-0.1, -0.05) is 13.8 Å². The van der Waals surface area contributed by atoms with Gasteiger partial charge in [-0.05, 0) is 114 Å². The van der Waals surface area contributed by atoms with Crippen molar-refractivity contribution in [1.82, 2.24) is 0 Å². The fourth-order valence-corrected chi connectivity index (χ4v) is 15.2. The summed E-state index contributed by atoms with van der Waals surface area (Å²) < 4.78 is 65.9. The van der Waals surface area contributed by atoms with E-state index in [9.17, 15) is 54.9 Å². The van der Waals surface area contributed by atoms with E-state index in [1.165, 1.54) is 13.8 Å². The normalized spacial score (nSPS) is 49.4. The highest BCUT2D eigenvalue weighted by molar-refractivity contribution is 5.85. The Balaban J connectivity index is 0.750. The molecule has 4 aliphatic carbocycles. The fraction of sp³-hybridized carbons (Fsp3) is 0.889. The minimum absolute atomic E-state index is 0.0318. The molecule has 7 N–H and O–H groups in total. The molecule has 4 saturated carbocycles. The molecule has 5 aliphatic heterocycles. The maximum atomic E-state index is 12.7. The predicted molar refractivity (Wildman–Crippen MR) is 259 cm³/mol. The number of carbonyl (C=O) groups is 4. The number of aliphatic hydroxyl groups is 7. The van der Waals surface area contributed by atoms with Crippen LogP contribution in [0.1, 0.15) is 132 Å². The van der Waals surface area contributed by atoms with Gasteiger partial charge in [-0.25, -0.2) is 4.79 Å². The van der Waals surface area contributed by atoms with Gasteiger partial charge in [0, 0.05) is 44.1 Å². The number of carbonyl (C=O) groups excluding carboxylic acids is 4. The molecular formula is C54H82O22. The van der Waals surface area contributed by atoms with E-state index < -0.39 is 140 Å². The second-order valence-corrected chi connectivity index (χ2v) is 23.9. The maximum Gasteiger partial charge on any atom is 0.331 e. The smallest absolute Gasteiger partial charge is 0.331 e. The quantitative estimate of drug-likeness (QED) is 0.0695. The van der Waals surface area contributed by atoms with Crippen molar-refractivity contribution in [2.24, 2.45) is 34.5 Å². The summed E-state index contributed by atoms with van der Waals surface area (Å²) in [5.41, 5.74) is -1.06. The van der Waals surface area contributed by atoms with Crippen molar-refractivity contribution in [2.75, 3.05) is 13.2 Å². The molecule has 0 bridgehead atoms. The highest BCUT2D eigenvalue weighted by atomic mass is 16.8. The minimum atomic E-state index is -1.77. The molecule has 5 heterocycles. The summed E-state index contributed by atoms with van der Waals surface area (Å²) in [6.07, 6.45) is -12.6. The number of hydrogen-bond donors (Lipinski definition) is 7. The van der Waals surface area contributed by atoms with Crippen LogP contribution in [0.2, 0.25) is 0 Å². The number of Topliss-reactive ketones (excluding diaryl/α,β-unsaturated/α-hetero) is 1. The van der Waals surface area contributed by atoms with Crippen LogP contribution in [0.25, 0.3) is 0 Å². The molecule has 26 atom stereocenters. The molecule has 9 rings (SSSR count). The molecule has 0 radical (unpaired) electrons. The third-order valence-electron chi connectivity index (χ3n) is 19.3. The van der Waals surface area contributed by atoms with E-state index in [2.05, 4.69) is 6.92 Å². The Morgan fingerprint density at radius 1 is 0.684 bits per heavy atom. The van der Waals surface area contributed by atoms with Crippen LogP contribution >= 0.6 is 0 Å². The van der Waals surface area contributed by atoms with Gasteiger partial charge in [0.2, 0.25) is 0 Å². The van der Waals surface area contributed by atoms with E-state index in [1.54, 1.807) is 26.8 Å². The van der Waals surface area contributed by atoms with Gasteiger partial charge in [-0.15, -0.1) is 0 Å². The van der Waals surface area contributed by atoms with E-state index in [0.29, 0.717) is 25.2 Å². The lowest BCUT2D eigenvalue weighted by Crippen LogP contribution is -2.67. The summed E-state index contributed by atoms with van der Waals surface area (Å²) in [6, 6.07) is 0. The van der Waals surface area contributed by atoms with Gasteiger partial charge in [-0.3, -0.25) is 9.59 Å². The lowest BCUT2D eigenvalue weighted by molar-refractivity contribution is -0.355. The number of ether oxygens (including phenoxy) is 11. The van der Waals surface area contributed by atoms with Gasteiger partial charge >= 0.3 is 17.9 Å². The number of fused-ring (bicyclic) bond motifs is 5. The predicted octanol–water partition coefficient (Wildman–Crippen LogP) is 1.53. The Labute approximate surface area is 443 Å². The summed E-state index contributed by atoms with van der Waals surface area (Å²) in [5, 5.41) is 79.5. The maximum absolute atomic E-state index is 12.7. The Morgan fingerprint density at radius 3 is 1.91 bits per heavy atom. The monoisotopic (exact) mass is 1080 g/mol. The van der Waals surface area contributed by atoms with Crippen molar-refractivity contribution >= 4 is 23.7 Å². The van der Waals surface area contributed by atoms with E-state index in [4.69, 9.17) is 52.1 Å². The topological polar surface area (TPSA) is 311 Å². The van der Waals surface area contributed by atoms with E-state index in [-0.39, 0.29) is 79.7 Å². The zero-order chi connectivity index (χ0) is 54.8. The van der Waals surface area contributed by atoms with Gasteiger partial charge in [0.05, 0.1) is 61.4 Å². The molecule has 430 valence electrons. The minimum Gasteiger partial charge on any atom is -0.459 e. The summed E-state index contributed by atoms with van der Waals surface area (Å²) in [6.45, 7) is 11.4. The number of rotatable bonds is 15. The number of esters is 3. The van der Waals surface area contributed by atoms with Gasteiger partial charge in [0.15, 0.2) is 31.3 Å². The van der Waals surface area contributed by atoms with Crippen LogP contribution in [-0.4, -0.2) is 195 Å². The van der Waals surface area contributed by atoms with E-state index >= 15 is 0 Å².